The number of benzene rings is 11. The Bertz CT molecular complexity index is 3680. The molecule has 288 valence electrons. The van der Waals surface area contributed by atoms with Crippen molar-refractivity contribution in [3.63, 3.8) is 0 Å². The summed E-state index contributed by atoms with van der Waals surface area (Å²) in [6, 6.07) is 78.6. The molecule has 3 aliphatic rings. The fourth-order valence-electron chi connectivity index (χ4n) is 12.6. The Hall–Kier alpha value is -7.54. The van der Waals surface area contributed by atoms with Crippen LogP contribution in [0.2, 0.25) is 0 Å². The average molecular weight is 785 g/mol. The van der Waals surface area contributed by atoms with Crippen molar-refractivity contribution in [2.45, 2.75) is 24.7 Å². The minimum Gasteiger partial charge on any atom is -0.0619 e. The summed E-state index contributed by atoms with van der Waals surface area (Å²) < 4.78 is 0. The van der Waals surface area contributed by atoms with Crippen molar-refractivity contribution in [1.82, 2.24) is 0 Å². The maximum atomic E-state index is 2.62. The highest BCUT2D eigenvalue weighted by atomic mass is 14.5. The van der Waals surface area contributed by atoms with Crippen LogP contribution in [0.3, 0.4) is 0 Å². The van der Waals surface area contributed by atoms with Crippen molar-refractivity contribution < 1.29 is 0 Å². The molecule has 14 rings (SSSR count). The van der Waals surface area contributed by atoms with Crippen molar-refractivity contribution in [1.29, 1.82) is 0 Å². The van der Waals surface area contributed by atoms with Gasteiger partial charge in [0.2, 0.25) is 0 Å². The van der Waals surface area contributed by atoms with Gasteiger partial charge in [-0.05, 0) is 144 Å². The van der Waals surface area contributed by atoms with Crippen LogP contribution in [-0.4, -0.2) is 0 Å². The van der Waals surface area contributed by atoms with Crippen LogP contribution >= 0.6 is 0 Å². The van der Waals surface area contributed by atoms with Gasteiger partial charge in [0, 0.05) is 5.41 Å². The summed E-state index contributed by atoms with van der Waals surface area (Å²) in [7, 11) is 0. The third-order valence-electron chi connectivity index (χ3n) is 15.0. The smallest absolute Gasteiger partial charge is 0.0619 e. The first-order valence-corrected chi connectivity index (χ1v) is 22.0. The van der Waals surface area contributed by atoms with Crippen LogP contribution in [-0.2, 0) is 10.8 Å². The van der Waals surface area contributed by atoms with Gasteiger partial charge in [0.1, 0.15) is 0 Å². The van der Waals surface area contributed by atoms with Gasteiger partial charge in [-0.2, -0.15) is 0 Å². The second-order valence-corrected chi connectivity index (χ2v) is 18.2. The molecule has 0 saturated heterocycles. The van der Waals surface area contributed by atoms with Crippen LogP contribution in [0, 0.1) is 0 Å². The first kappa shape index (κ1) is 34.2. The lowest BCUT2D eigenvalue weighted by atomic mass is 9.68. The van der Waals surface area contributed by atoms with Crippen LogP contribution in [0.15, 0.2) is 206 Å². The zero-order valence-electron chi connectivity index (χ0n) is 34.6. The summed E-state index contributed by atoms with van der Waals surface area (Å²) in [4.78, 5) is 0. The Balaban J connectivity index is 1.12. The second kappa shape index (κ2) is 12.1. The molecule has 0 radical (unpaired) electrons. The fourth-order valence-corrected chi connectivity index (χ4v) is 12.6. The van der Waals surface area contributed by atoms with Gasteiger partial charge in [0.05, 0.1) is 5.41 Å². The van der Waals surface area contributed by atoms with Gasteiger partial charge in [-0.1, -0.05) is 208 Å². The highest BCUT2D eigenvalue weighted by Crippen LogP contribution is 2.66. The summed E-state index contributed by atoms with van der Waals surface area (Å²) in [6.45, 7) is 4.77. The predicted molar refractivity (Wildman–Crippen MR) is 261 cm³/mol. The molecule has 1 spiro atoms. The van der Waals surface area contributed by atoms with Crippen LogP contribution < -0.4 is 0 Å². The molecule has 0 N–H and O–H groups in total. The zero-order valence-corrected chi connectivity index (χ0v) is 34.6. The lowest BCUT2D eigenvalue weighted by Gasteiger charge is -2.32. The first-order chi connectivity index (χ1) is 30.5. The summed E-state index contributed by atoms with van der Waals surface area (Å²) in [5.74, 6) is 0. The van der Waals surface area contributed by atoms with E-state index >= 15 is 0 Å². The van der Waals surface area contributed by atoms with Crippen molar-refractivity contribution in [3.05, 3.63) is 240 Å². The molecule has 11 aromatic carbocycles. The molecule has 62 heavy (non-hydrogen) atoms. The zero-order chi connectivity index (χ0) is 40.9. The lowest BCUT2D eigenvalue weighted by Crippen LogP contribution is -2.26. The predicted octanol–water partition coefficient (Wildman–Crippen LogP) is 16.3. The molecule has 0 heteroatoms. The summed E-state index contributed by atoms with van der Waals surface area (Å²) >= 11 is 0. The Morgan fingerprint density at radius 1 is 0.274 bits per heavy atom. The second-order valence-electron chi connectivity index (χ2n) is 18.2. The molecule has 0 aliphatic heterocycles. The van der Waals surface area contributed by atoms with Crippen LogP contribution in [0.1, 0.15) is 47.2 Å². The number of rotatable bonds is 2. The maximum Gasteiger partial charge on any atom is 0.0731 e. The summed E-state index contributed by atoms with van der Waals surface area (Å²) in [6.07, 6.45) is 0. The molecular weight excluding hydrogens is 745 g/mol. The van der Waals surface area contributed by atoms with E-state index < -0.39 is 5.41 Å². The summed E-state index contributed by atoms with van der Waals surface area (Å²) in [5.41, 5.74) is 20.9. The minimum absolute atomic E-state index is 0.0901. The van der Waals surface area contributed by atoms with Gasteiger partial charge in [0.25, 0.3) is 0 Å². The fraction of sp³-hybridized carbons (Fsp3) is 0.0645. The minimum atomic E-state index is -0.502. The van der Waals surface area contributed by atoms with E-state index in [9.17, 15) is 0 Å². The molecule has 0 heterocycles. The topological polar surface area (TPSA) is 0 Å². The van der Waals surface area contributed by atoms with E-state index in [4.69, 9.17) is 0 Å². The van der Waals surface area contributed by atoms with Crippen molar-refractivity contribution in [3.8, 4) is 55.6 Å². The third kappa shape index (κ3) is 4.13. The van der Waals surface area contributed by atoms with E-state index in [-0.39, 0.29) is 5.41 Å². The third-order valence-corrected chi connectivity index (χ3v) is 15.0. The Kier molecular flexibility index (Phi) is 6.65. The Morgan fingerprint density at radius 3 is 1.35 bits per heavy atom. The highest BCUT2D eigenvalue weighted by molar-refractivity contribution is 6.25. The van der Waals surface area contributed by atoms with Gasteiger partial charge < -0.3 is 0 Å². The van der Waals surface area contributed by atoms with E-state index in [0.717, 1.165) is 0 Å². The Labute approximate surface area is 361 Å². The number of hydrogen-bond donors (Lipinski definition) is 0. The lowest BCUT2D eigenvalue weighted by molar-refractivity contribution is 0.660. The van der Waals surface area contributed by atoms with Gasteiger partial charge in [-0.3, -0.25) is 0 Å². The Morgan fingerprint density at radius 2 is 0.726 bits per heavy atom. The maximum absolute atomic E-state index is 2.62. The monoisotopic (exact) mass is 784 g/mol. The largest absolute Gasteiger partial charge is 0.0731 e. The van der Waals surface area contributed by atoms with E-state index in [2.05, 4.69) is 220 Å². The average Bonchev–Trinajstić information content (AvgIpc) is 3.89. The van der Waals surface area contributed by atoms with E-state index in [1.165, 1.54) is 132 Å². The van der Waals surface area contributed by atoms with Crippen molar-refractivity contribution in [2.75, 3.05) is 0 Å². The van der Waals surface area contributed by atoms with E-state index in [1.807, 2.05) is 0 Å². The molecular formula is C62H40. The van der Waals surface area contributed by atoms with Gasteiger partial charge in [0.15, 0.2) is 0 Å². The van der Waals surface area contributed by atoms with Crippen molar-refractivity contribution in [2.24, 2.45) is 0 Å². The molecule has 0 bridgehead atoms. The molecule has 11 aromatic rings. The van der Waals surface area contributed by atoms with Crippen molar-refractivity contribution >= 4 is 43.1 Å². The molecule has 0 aromatic heterocycles. The molecule has 3 aliphatic carbocycles. The normalized spacial score (nSPS) is 14.5. The van der Waals surface area contributed by atoms with E-state index in [0.29, 0.717) is 0 Å². The molecule has 0 nitrogen and oxygen atoms in total. The van der Waals surface area contributed by atoms with Gasteiger partial charge in [-0.25, -0.2) is 0 Å². The number of fused-ring (bicyclic) bond motifs is 19. The van der Waals surface area contributed by atoms with Gasteiger partial charge in [-0.15, -0.1) is 0 Å². The molecule has 0 fully saturated rings. The molecule has 0 saturated carbocycles. The standard InChI is InChI=1S/C62H40/c1-61(2)52-28-14-11-20-41(52)44-33-32-38(35-55(44)61)57-46-24-7-9-26-48(46)58(49-27-10-8-25-47(49)57)51-36-56-59(45-23-6-5-19-40(45)51)50-34-31-37-17-3-4-18-39(37)60(50)62(56)53-29-15-12-21-42(53)43-22-13-16-30-54(43)62/h3-36H,1-2H3. The summed E-state index contributed by atoms with van der Waals surface area (Å²) in [5, 5.41) is 10.3. The molecule has 0 atom stereocenters. The van der Waals surface area contributed by atoms with Crippen LogP contribution in [0.5, 0.6) is 0 Å². The van der Waals surface area contributed by atoms with Crippen LogP contribution in [0.25, 0.3) is 98.7 Å². The SMILES string of the molecule is CC1(C)c2ccccc2-c2ccc(-c3c4ccccc4c(-c4cc5c(c6ccccc46)-c4ccc6ccccc6c4C54c5ccccc5-c5ccccc54)c4ccccc34)cc21. The molecule has 0 amide bonds. The van der Waals surface area contributed by atoms with E-state index in [1.54, 1.807) is 0 Å². The quantitative estimate of drug-likeness (QED) is 0.153. The number of hydrogen-bond acceptors (Lipinski definition) is 0. The first-order valence-electron chi connectivity index (χ1n) is 22.0. The van der Waals surface area contributed by atoms with Crippen LogP contribution in [0.4, 0.5) is 0 Å². The van der Waals surface area contributed by atoms with Gasteiger partial charge >= 0.3 is 0 Å². The highest BCUT2D eigenvalue weighted by Gasteiger charge is 2.53. The molecule has 0 unspecified atom stereocenters.